The Morgan fingerprint density at radius 2 is 1.46 bits per heavy atom. The number of benzene rings is 2. The largest absolute Gasteiger partial charge is 0.465 e. The summed E-state index contributed by atoms with van der Waals surface area (Å²) < 4.78 is 5.66. The van der Waals surface area contributed by atoms with Gasteiger partial charge in [-0.15, -0.1) is 0 Å². The lowest BCUT2D eigenvalue weighted by molar-refractivity contribution is -0.151. The smallest absolute Gasteiger partial charge is 0.316 e. The van der Waals surface area contributed by atoms with E-state index >= 15 is 0 Å². The molecule has 0 saturated carbocycles. The molecule has 2 aromatic rings. The van der Waals surface area contributed by atoms with Crippen molar-refractivity contribution < 1.29 is 9.53 Å². The monoisotopic (exact) mass is 384 g/mol. The fraction of sp³-hybridized carbons (Fsp3) is 0.542. The van der Waals surface area contributed by atoms with Crippen LogP contribution in [0.4, 0.5) is 0 Å². The van der Waals surface area contributed by atoms with E-state index < -0.39 is 5.41 Å². The average Bonchev–Trinajstić information content (AvgIpc) is 2.66. The molecular weight excluding hydrogens is 348 g/mol. The zero-order chi connectivity index (χ0) is 20.6. The van der Waals surface area contributed by atoms with Crippen molar-refractivity contribution in [2.75, 3.05) is 47.9 Å². The van der Waals surface area contributed by atoms with Crippen molar-refractivity contribution in [3.63, 3.8) is 0 Å². The molecule has 0 bridgehead atoms. The lowest BCUT2D eigenvalue weighted by Gasteiger charge is -2.34. The number of ether oxygens (including phenoxy) is 1. The standard InChI is InChI=1S/C24H36N2O2/c1-6-28-23(27)24(16-10-18-25(2)3,17-11-19-26(4)5)22-15-9-13-20-12-7-8-14-21(20)22/h7-9,12-15H,6,10-11,16-19H2,1-5H3. The van der Waals surface area contributed by atoms with Gasteiger partial charge in [0, 0.05) is 0 Å². The second-order valence-corrected chi connectivity index (χ2v) is 8.14. The summed E-state index contributed by atoms with van der Waals surface area (Å²) in [6.45, 7) is 4.22. The molecule has 154 valence electrons. The molecule has 0 fully saturated rings. The van der Waals surface area contributed by atoms with E-state index in [0.717, 1.165) is 49.7 Å². The quantitative estimate of drug-likeness (QED) is 0.540. The highest BCUT2D eigenvalue weighted by molar-refractivity contribution is 5.93. The molecule has 0 aliphatic heterocycles. The zero-order valence-electron chi connectivity index (χ0n) is 18.2. The minimum atomic E-state index is -0.608. The van der Waals surface area contributed by atoms with Crippen LogP contribution in [0.15, 0.2) is 42.5 Å². The number of nitrogens with zero attached hydrogens (tertiary/aromatic N) is 2. The van der Waals surface area contributed by atoms with Crippen molar-refractivity contribution in [1.29, 1.82) is 0 Å². The summed E-state index contributed by atoms with van der Waals surface area (Å²) in [4.78, 5) is 17.8. The molecule has 4 heteroatoms. The molecule has 0 aromatic heterocycles. The van der Waals surface area contributed by atoms with Gasteiger partial charge in [0.05, 0.1) is 12.0 Å². The zero-order valence-corrected chi connectivity index (χ0v) is 18.2. The van der Waals surface area contributed by atoms with E-state index in [4.69, 9.17) is 4.74 Å². The van der Waals surface area contributed by atoms with Crippen molar-refractivity contribution in [2.24, 2.45) is 0 Å². The molecule has 0 radical (unpaired) electrons. The van der Waals surface area contributed by atoms with Crippen LogP contribution in [0.5, 0.6) is 0 Å². The number of hydrogen-bond donors (Lipinski definition) is 0. The first-order valence-electron chi connectivity index (χ1n) is 10.4. The molecule has 0 atom stereocenters. The van der Waals surface area contributed by atoms with Gasteiger partial charge < -0.3 is 14.5 Å². The van der Waals surface area contributed by atoms with Crippen LogP contribution in [-0.2, 0) is 14.9 Å². The van der Waals surface area contributed by atoms with E-state index in [1.807, 2.05) is 6.92 Å². The second kappa shape index (κ2) is 10.6. The van der Waals surface area contributed by atoms with Crippen LogP contribution in [-0.4, -0.2) is 63.7 Å². The normalized spacial score (nSPS) is 12.1. The maximum atomic E-state index is 13.4. The van der Waals surface area contributed by atoms with Gasteiger partial charge >= 0.3 is 5.97 Å². The highest BCUT2D eigenvalue weighted by atomic mass is 16.5. The average molecular weight is 385 g/mol. The highest BCUT2D eigenvalue weighted by Gasteiger charge is 2.41. The number of carbonyl (C=O) groups is 1. The third-order valence-corrected chi connectivity index (χ3v) is 5.39. The summed E-state index contributed by atoms with van der Waals surface area (Å²) in [5, 5.41) is 2.33. The number of carbonyl (C=O) groups excluding carboxylic acids is 1. The van der Waals surface area contributed by atoms with Crippen LogP contribution >= 0.6 is 0 Å². The Kier molecular flexibility index (Phi) is 8.46. The minimum absolute atomic E-state index is 0.0798. The molecule has 4 nitrogen and oxygen atoms in total. The second-order valence-electron chi connectivity index (χ2n) is 8.14. The molecule has 28 heavy (non-hydrogen) atoms. The lowest BCUT2D eigenvalue weighted by atomic mass is 9.71. The third kappa shape index (κ3) is 5.55. The van der Waals surface area contributed by atoms with Crippen LogP contribution in [0, 0.1) is 0 Å². The first kappa shape index (κ1) is 22.4. The van der Waals surface area contributed by atoms with Crippen LogP contribution in [0.25, 0.3) is 10.8 Å². The SMILES string of the molecule is CCOC(=O)C(CCCN(C)C)(CCCN(C)C)c1cccc2ccccc12. The maximum Gasteiger partial charge on any atom is 0.316 e. The Bertz CT molecular complexity index is 736. The van der Waals surface area contributed by atoms with Crippen LogP contribution < -0.4 is 0 Å². The van der Waals surface area contributed by atoms with Gasteiger partial charge in [-0.1, -0.05) is 42.5 Å². The van der Waals surface area contributed by atoms with E-state index in [-0.39, 0.29) is 5.97 Å². The Balaban J connectivity index is 2.53. The third-order valence-electron chi connectivity index (χ3n) is 5.39. The molecular formula is C24H36N2O2. The molecule has 0 heterocycles. The first-order valence-corrected chi connectivity index (χ1v) is 10.4. The fourth-order valence-electron chi connectivity index (χ4n) is 4.01. The van der Waals surface area contributed by atoms with E-state index in [1.54, 1.807) is 0 Å². The molecule has 0 amide bonds. The molecule has 0 N–H and O–H groups in total. The Morgan fingerprint density at radius 1 is 0.893 bits per heavy atom. The molecule has 2 rings (SSSR count). The predicted octanol–water partition coefficient (Wildman–Crippen LogP) is 4.32. The Hall–Kier alpha value is -1.91. The van der Waals surface area contributed by atoms with Crippen LogP contribution in [0.1, 0.15) is 38.2 Å². The summed E-state index contributed by atoms with van der Waals surface area (Å²) in [5.41, 5.74) is 0.504. The fourth-order valence-corrected chi connectivity index (χ4v) is 4.01. The Morgan fingerprint density at radius 3 is 2.04 bits per heavy atom. The molecule has 0 unspecified atom stereocenters. The molecule has 0 aliphatic carbocycles. The summed E-state index contributed by atoms with van der Waals surface area (Å²) in [6.07, 6.45) is 3.50. The summed E-state index contributed by atoms with van der Waals surface area (Å²) in [7, 11) is 8.32. The van der Waals surface area contributed by atoms with Gasteiger partial charge in [0.25, 0.3) is 0 Å². The topological polar surface area (TPSA) is 32.8 Å². The van der Waals surface area contributed by atoms with Gasteiger partial charge in [-0.3, -0.25) is 4.79 Å². The van der Waals surface area contributed by atoms with Crippen molar-refractivity contribution in [3.8, 4) is 0 Å². The van der Waals surface area contributed by atoms with Gasteiger partial charge in [0.15, 0.2) is 0 Å². The number of fused-ring (bicyclic) bond motifs is 1. The number of hydrogen-bond acceptors (Lipinski definition) is 4. The van der Waals surface area contributed by atoms with Gasteiger partial charge in [-0.05, 0) is 90.2 Å². The lowest BCUT2D eigenvalue weighted by Crippen LogP contribution is -2.39. The predicted molar refractivity (Wildman–Crippen MR) is 118 cm³/mol. The summed E-state index contributed by atoms with van der Waals surface area (Å²) in [5.74, 6) is -0.0798. The van der Waals surface area contributed by atoms with Crippen molar-refractivity contribution in [3.05, 3.63) is 48.0 Å². The summed E-state index contributed by atoms with van der Waals surface area (Å²) in [6, 6.07) is 14.7. The minimum Gasteiger partial charge on any atom is -0.465 e. The van der Waals surface area contributed by atoms with Crippen molar-refractivity contribution >= 4 is 16.7 Å². The molecule has 0 aliphatic rings. The molecule has 0 spiro atoms. The molecule has 0 saturated heterocycles. The van der Waals surface area contributed by atoms with E-state index in [9.17, 15) is 4.79 Å². The van der Waals surface area contributed by atoms with Gasteiger partial charge in [0.1, 0.15) is 0 Å². The van der Waals surface area contributed by atoms with E-state index in [2.05, 4.69) is 80.5 Å². The van der Waals surface area contributed by atoms with Gasteiger partial charge in [0.2, 0.25) is 0 Å². The Labute approximate surface area is 170 Å². The maximum absolute atomic E-state index is 13.4. The van der Waals surface area contributed by atoms with E-state index in [0.29, 0.717) is 6.61 Å². The highest BCUT2D eigenvalue weighted by Crippen LogP contribution is 2.40. The number of esters is 1. The number of rotatable bonds is 11. The van der Waals surface area contributed by atoms with Gasteiger partial charge in [-0.2, -0.15) is 0 Å². The first-order chi connectivity index (χ1) is 13.4. The summed E-state index contributed by atoms with van der Waals surface area (Å²) >= 11 is 0. The van der Waals surface area contributed by atoms with Crippen LogP contribution in [0.3, 0.4) is 0 Å². The van der Waals surface area contributed by atoms with Crippen LogP contribution in [0.2, 0.25) is 0 Å². The van der Waals surface area contributed by atoms with Gasteiger partial charge in [-0.25, -0.2) is 0 Å². The van der Waals surface area contributed by atoms with Crippen molar-refractivity contribution in [1.82, 2.24) is 9.80 Å². The van der Waals surface area contributed by atoms with E-state index in [1.165, 1.54) is 5.39 Å². The molecule has 2 aromatic carbocycles. The van der Waals surface area contributed by atoms with Crippen molar-refractivity contribution in [2.45, 2.75) is 38.0 Å².